The Labute approximate surface area is 196 Å². The van der Waals surface area contributed by atoms with E-state index in [1.807, 2.05) is 18.2 Å². The van der Waals surface area contributed by atoms with Gasteiger partial charge in [0.15, 0.2) is 0 Å². The van der Waals surface area contributed by atoms with Crippen LogP contribution in [0.3, 0.4) is 0 Å². The van der Waals surface area contributed by atoms with Gasteiger partial charge in [0, 0.05) is 57.3 Å². The number of hydrogen-bond donors (Lipinski definition) is 2. The SMILES string of the molecule is Fc1ccc(-c2cccc(CN3CCN(c4ncccn4)CC3)c2)cc1.O=C(O)/C=C\C(=O)O. The summed E-state index contributed by atoms with van der Waals surface area (Å²) in [4.78, 5) is 32.4. The molecule has 0 saturated carbocycles. The second-order valence-corrected chi connectivity index (χ2v) is 7.53. The predicted octanol–water partition coefficient (Wildman–Crippen LogP) is 3.32. The summed E-state index contributed by atoms with van der Waals surface area (Å²) in [7, 11) is 0. The number of hydrogen-bond acceptors (Lipinski definition) is 6. The zero-order valence-electron chi connectivity index (χ0n) is 18.4. The Morgan fingerprint density at radius 2 is 1.47 bits per heavy atom. The first kappa shape index (κ1) is 24.5. The first-order valence-electron chi connectivity index (χ1n) is 10.6. The largest absolute Gasteiger partial charge is 0.478 e. The minimum Gasteiger partial charge on any atom is -0.478 e. The number of aromatic nitrogens is 2. The molecule has 1 aliphatic heterocycles. The van der Waals surface area contributed by atoms with Crippen molar-refractivity contribution in [2.45, 2.75) is 6.54 Å². The number of piperazine rings is 1. The van der Waals surface area contributed by atoms with Gasteiger partial charge in [-0.1, -0.05) is 30.3 Å². The van der Waals surface area contributed by atoms with E-state index < -0.39 is 11.9 Å². The Bertz CT molecular complexity index is 1100. The van der Waals surface area contributed by atoms with Crippen LogP contribution in [0.4, 0.5) is 10.3 Å². The Kier molecular flexibility index (Phi) is 8.81. The van der Waals surface area contributed by atoms with Crippen molar-refractivity contribution in [3.05, 3.63) is 90.5 Å². The number of carbonyl (C=O) groups is 2. The molecule has 0 atom stereocenters. The summed E-state index contributed by atoms with van der Waals surface area (Å²) in [6.45, 7) is 4.75. The van der Waals surface area contributed by atoms with Gasteiger partial charge in [-0.3, -0.25) is 4.90 Å². The topological polar surface area (TPSA) is 107 Å². The molecule has 1 aromatic heterocycles. The molecule has 1 fully saturated rings. The third kappa shape index (κ3) is 7.79. The number of rotatable bonds is 6. The maximum atomic E-state index is 13.1. The van der Waals surface area contributed by atoms with E-state index in [4.69, 9.17) is 10.2 Å². The summed E-state index contributed by atoms with van der Waals surface area (Å²) in [5.41, 5.74) is 3.44. The van der Waals surface area contributed by atoms with Gasteiger partial charge >= 0.3 is 11.9 Å². The fourth-order valence-electron chi connectivity index (χ4n) is 3.45. The second-order valence-electron chi connectivity index (χ2n) is 7.53. The Morgan fingerprint density at radius 3 is 2.06 bits per heavy atom. The van der Waals surface area contributed by atoms with E-state index in [1.54, 1.807) is 12.4 Å². The van der Waals surface area contributed by atoms with Crippen molar-refractivity contribution < 1.29 is 24.2 Å². The summed E-state index contributed by atoms with van der Waals surface area (Å²) >= 11 is 0. The van der Waals surface area contributed by atoms with Crippen molar-refractivity contribution in [3.8, 4) is 11.1 Å². The van der Waals surface area contributed by atoms with Crippen LogP contribution in [-0.4, -0.2) is 63.2 Å². The number of carboxylic acid groups (broad SMARTS) is 2. The highest BCUT2D eigenvalue weighted by atomic mass is 19.1. The van der Waals surface area contributed by atoms with E-state index in [9.17, 15) is 14.0 Å². The van der Waals surface area contributed by atoms with Gasteiger partial charge in [-0.25, -0.2) is 23.9 Å². The summed E-state index contributed by atoms with van der Waals surface area (Å²) in [6.07, 6.45) is 4.69. The van der Waals surface area contributed by atoms with Gasteiger partial charge in [-0.05, 0) is 41.0 Å². The highest BCUT2D eigenvalue weighted by Crippen LogP contribution is 2.22. The second kappa shape index (κ2) is 12.2. The Morgan fingerprint density at radius 1 is 0.853 bits per heavy atom. The van der Waals surface area contributed by atoms with Crippen LogP contribution in [-0.2, 0) is 16.1 Å². The van der Waals surface area contributed by atoms with E-state index in [-0.39, 0.29) is 5.82 Å². The highest BCUT2D eigenvalue weighted by Gasteiger charge is 2.18. The number of carboxylic acids is 2. The molecule has 0 unspecified atom stereocenters. The molecule has 0 bridgehead atoms. The number of benzene rings is 2. The molecule has 176 valence electrons. The first-order chi connectivity index (χ1) is 16.4. The Hall–Kier alpha value is -4.11. The molecule has 8 nitrogen and oxygen atoms in total. The minimum atomic E-state index is -1.26. The van der Waals surface area contributed by atoms with Gasteiger partial charge in [0.25, 0.3) is 0 Å². The lowest BCUT2D eigenvalue weighted by Gasteiger charge is -2.34. The molecular formula is C25H25FN4O4. The molecule has 1 saturated heterocycles. The molecule has 0 spiro atoms. The van der Waals surface area contributed by atoms with Crippen molar-refractivity contribution >= 4 is 17.9 Å². The van der Waals surface area contributed by atoms with E-state index in [2.05, 4.69) is 44.0 Å². The maximum absolute atomic E-state index is 13.1. The molecule has 2 heterocycles. The lowest BCUT2D eigenvalue weighted by atomic mass is 10.0. The molecule has 9 heteroatoms. The van der Waals surface area contributed by atoms with Crippen molar-refractivity contribution in [1.82, 2.24) is 14.9 Å². The van der Waals surface area contributed by atoms with Gasteiger partial charge in [0.1, 0.15) is 5.82 Å². The predicted molar refractivity (Wildman–Crippen MR) is 126 cm³/mol. The average molecular weight is 464 g/mol. The molecule has 0 amide bonds. The average Bonchev–Trinajstić information content (AvgIpc) is 2.85. The van der Waals surface area contributed by atoms with Gasteiger partial charge in [0.05, 0.1) is 0 Å². The van der Waals surface area contributed by atoms with Gasteiger partial charge in [-0.15, -0.1) is 0 Å². The molecule has 0 radical (unpaired) electrons. The van der Waals surface area contributed by atoms with Crippen LogP contribution in [0.2, 0.25) is 0 Å². The normalized spacial score (nSPS) is 13.9. The number of halogens is 1. The summed E-state index contributed by atoms with van der Waals surface area (Å²) < 4.78 is 13.1. The quantitative estimate of drug-likeness (QED) is 0.535. The van der Waals surface area contributed by atoms with Gasteiger partial charge in [-0.2, -0.15) is 0 Å². The van der Waals surface area contributed by atoms with Crippen LogP contribution in [0.15, 0.2) is 79.1 Å². The number of nitrogens with zero attached hydrogens (tertiary/aromatic N) is 4. The molecular weight excluding hydrogens is 439 g/mol. The van der Waals surface area contributed by atoms with Crippen molar-refractivity contribution in [2.75, 3.05) is 31.1 Å². The van der Waals surface area contributed by atoms with Gasteiger partial charge < -0.3 is 15.1 Å². The summed E-state index contributed by atoms with van der Waals surface area (Å²) in [5.74, 6) is -1.91. The van der Waals surface area contributed by atoms with Crippen LogP contribution in [0.1, 0.15) is 5.56 Å². The Balaban J connectivity index is 0.000000350. The fraction of sp³-hybridized carbons (Fsp3) is 0.200. The zero-order chi connectivity index (χ0) is 24.3. The smallest absolute Gasteiger partial charge is 0.328 e. The first-order valence-corrected chi connectivity index (χ1v) is 10.6. The fourth-order valence-corrected chi connectivity index (χ4v) is 3.45. The van der Waals surface area contributed by atoms with Crippen molar-refractivity contribution in [2.24, 2.45) is 0 Å². The highest BCUT2D eigenvalue weighted by molar-refractivity contribution is 5.89. The van der Waals surface area contributed by atoms with Gasteiger partial charge in [0.2, 0.25) is 5.95 Å². The lowest BCUT2D eigenvalue weighted by Crippen LogP contribution is -2.46. The monoisotopic (exact) mass is 464 g/mol. The van der Waals surface area contributed by atoms with Crippen molar-refractivity contribution in [3.63, 3.8) is 0 Å². The molecule has 4 rings (SSSR count). The summed E-state index contributed by atoms with van der Waals surface area (Å²) in [6, 6.07) is 17.0. The standard InChI is InChI=1S/C21H21FN4.C4H4O4/c22-20-7-5-18(6-8-20)19-4-1-3-17(15-19)16-25-11-13-26(14-12-25)21-23-9-2-10-24-21;5-3(6)1-2-4(7)8/h1-10,15H,11-14,16H2;1-2H,(H,5,6)(H,7,8)/b;2-1-. The number of anilines is 1. The maximum Gasteiger partial charge on any atom is 0.328 e. The molecule has 34 heavy (non-hydrogen) atoms. The minimum absolute atomic E-state index is 0.204. The lowest BCUT2D eigenvalue weighted by molar-refractivity contribution is -0.134. The zero-order valence-corrected chi connectivity index (χ0v) is 18.4. The van der Waals surface area contributed by atoms with Crippen LogP contribution in [0.5, 0.6) is 0 Å². The number of aliphatic carboxylic acids is 2. The van der Waals surface area contributed by atoms with E-state index in [1.165, 1.54) is 17.7 Å². The van der Waals surface area contributed by atoms with E-state index >= 15 is 0 Å². The van der Waals surface area contributed by atoms with Crippen LogP contribution < -0.4 is 4.90 Å². The molecule has 0 aliphatic carbocycles. The molecule has 1 aliphatic rings. The molecule has 2 aromatic carbocycles. The van der Waals surface area contributed by atoms with E-state index in [0.29, 0.717) is 12.2 Å². The third-order valence-electron chi connectivity index (χ3n) is 5.09. The molecule has 2 N–H and O–H groups in total. The summed E-state index contributed by atoms with van der Waals surface area (Å²) in [5, 5.41) is 15.6. The van der Waals surface area contributed by atoms with Crippen LogP contribution in [0.25, 0.3) is 11.1 Å². The van der Waals surface area contributed by atoms with Crippen LogP contribution in [0, 0.1) is 5.82 Å². The van der Waals surface area contributed by atoms with E-state index in [0.717, 1.165) is 49.8 Å². The third-order valence-corrected chi connectivity index (χ3v) is 5.09. The van der Waals surface area contributed by atoms with Crippen molar-refractivity contribution in [1.29, 1.82) is 0 Å². The van der Waals surface area contributed by atoms with Crippen LogP contribution >= 0.6 is 0 Å². The molecule has 3 aromatic rings.